The van der Waals surface area contributed by atoms with Gasteiger partial charge in [0, 0.05) is 0 Å². The first kappa shape index (κ1) is 28.2. The molecule has 0 aromatic carbocycles. The molecular weight excluding hydrogens is 518 g/mol. The van der Waals surface area contributed by atoms with Crippen molar-refractivity contribution in [1.82, 2.24) is 0 Å². The summed E-state index contributed by atoms with van der Waals surface area (Å²) in [6, 6.07) is 0. The minimum absolute atomic E-state index is 0.0552. The van der Waals surface area contributed by atoms with Crippen molar-refractivity contribution in [2.75, 3.05) is 6.54 Å². The zero-order valence-electron chi connectivity index (χ0n) is 13.5. The van der Waals surface area contributed by atoms with Crippen molar-refractivity contribution in [3.8, 4) is 0 Å². The molecule has 0 N–H and O–H groups in total. The maximum Gasteiger partial charge on any atom is 0.470 e. The summed E-state index contributed by atoms with van der Waals surface area (Å²) in [7, 11) is -31.4. The van der Waals surface area contributed by atoms with Crippen molar-refractivity contribution in [2.24, 2.45) is 0 Å². The highest BCUT2D eigenvalue weighted by atomic mass is 32.3. The van der Waals surface area contributed by atoms with Crippen LogP contribution >= 0.6 is 0 Å². The third kappa shape index (κ3) is 4.93. The molecule has 0 saturated carbocycles. The first-order chi connectivity index (χ1) is 12.4. The van der Waals surface area contributed by atoms with Crippen molar-refractivity contribution in [2.45, 2.75) is 35.4 Å². The zero-order valence-corrected chi connectivity index (χ0v) is 16.8. The van der Waals surface area contributed by atoms with Crippen molar-refractivity contribution < 1.29 is 68.8 Å². The molecule has 176 valence electrons. The van der Waals surface area contributed by atoms with Gasteiger partial charge in [0.25, 0.3) is 0 Å². The van der Waals surface area contributed by atoms with E-state index in [1.165, 1.54) is 6.92 Å². The highest BCUT2D eigenvalue weighted by Gasteiger charge is 2.64. The molecule has 0 amide bonds. The van der Waals surface area contributed by atoms with Gasteiger partial charge in [0.1, 0.15) is 9.84 Å². The van der Waals surface area contributed by atoms with Gasteiger partial charge in [0.05, 0.1) is 3.91 Å². The molecule has 0 heterocycles. The van der Waals surface area contributed by atoms with Gasteiger partial charge in [-0.05, 0) is 0 Å². The second kappa shape index (κ2) is 8.04. The van der Waals surface area contributed by atoms with E-state index in [9.17, 15) is 68.8 Å². The summed E-state index contributed by atoms with van der Waals surface area (Å²) in [5, 5.41) is 0. The smallest absolute Gasteiger partial charge is 0.470 e. The Morgan fingerprint density at radius 1 is 0.690 bits per heavy atom. The minimum atomic E-state index is -8.19. The second-order valence-electron chi connectivity index (χ2n) is 4.80. The van der Waals surface area contributed by atoms with Crippen LogP contribution in [0.4, 0.5) is 35.1 Å². The largest absolute Gasteiger partial charge is 0.543 e. The predicted molar refractivity (Wildman–Crippen MR) is 79.1 cm³/mol. The molecule has 9 nitrogen and oxygen atoms in total. The maximum absolute atomic E-state index is 13.9. The first-order valence-electron chi connectivity index (χ1n) is 6.48. The summed E-state index contributed by atoms with van der Waals surface area (Å²) in [5.74, 6) is 0. The van der Waals surface area contributed by atoms with Gasteiger partial charge in [-0.1, -0.05) is 19.8 Å². The molecule has 21 heteroatoms. The number of nitrogens with zero attached hydrogens (tertiary/aromatic N) is 1. The highest BCUT2D eigenvalue weighted by molar-refractivity contribution is 8.32. The van der Waals surface area contributed by atoms with E-state index in [1.54, 1.807) is 0 Å². The molecule has 0 rings (SSSR count). The number of alkyl halides is 8. The summed E-state index contributed by atoms with van der Waals surface area (Å²) >= 11 is 0. The van der Waals surface area contributed by atoms with Crippen molar-refractivity contribution >= 4 is 39.5 Å². The van der Waals surface area contributed by atoms with Gasteiger partial charge in [0.2, 0.25) is 0 Å². The number of sulfone groups is 3. The van der Waals surface area contributed by atoms with Crippen molar-refractivity contribution in [3.63, 3.8) is 0 Å². The minimum Gasteiger partial charge on any atom is -0.543 e. The van der Waals surface area contributed by atoms with Gasteiger partial charge in [-0.15, -0.1) is 6.54 Å². The lowest BCUT2D eigenvalue weighted by Crippen LogP contribution is -2.50. The molecule has 0 aromatic heterocycles. The number of unbranched alkanes of at least 4 members (excludes halogenated alkanes) is 1. The van der Waals surface area contributed by atoms with Crippen LogP contribution < -0.4 is 0 Å². The van der Waals surface area contributed by atoms with E-state index in [1.807, 2.05) is 0 Å². The fourth-order valence-electron chi connectivity index (χ4n) is 1.28. The van der Waals surface area contributed by atoms with Crippen LogP contribution in [0.15, 0.2) is 0 Å². The Morgan fingerprint density at radius 3 is 1.31 bits per heavy atom. The highest BCUT2D eigenvalue weighted by Crippen LogP contribution is 2.49. The molecule has 29 heavy (non-hydrogen) atoms. The summed E-state index contributed by atoms with van der Waals surface area (Å²) in [4.78, 5) is 0. The monoisotopic (exact) mass is 527 g/mol. The molecule has 0 atom stereocenters. The van der Waals surface area contributed by atoms with Crippen LogP contribution in [0.3, 0.4) is 0 Å². The molecule has 0 fully saturated rings. The van der Waals surface area contributed by atoms with E-state index in [4.69, 9.17) is 0 Å². The van der Waals surface area contributed by atoms with Gasteiger partial charge in [-0.25, -0.2) is 8.42 Å². The molecule has 0 bridgehead atoms. The Bertz CT molecular complexity index is 979. The van der Waals surface area contributed by atoms with Gasteiger partial charge in [0.15, 0.2) is 29.7 Å². The number of hydrogen-bond acceptors (Lipinski definition) is 8. The molecule has 0 aromatic rings. The van der Waals surface area contributed by atoms with Crippen molar-refractivity contribution in [1.29, 1.82) is 0 Å². The van der Waals surface area contributed by atoms with E-state index in [0.29, 0.717) is 0 Å². The second-order valence-corrected chi connectivity index (χ2v) is 13.2. The Kier molecular flexibility index (Phi) is 7.81. The predicted octanol–water partition coefficient (Wildman–Crippen LogP) is 1.77. The molecule has 0 aliphatic rings. The van der Waals surface area contributed by atoms with E-state index in [0.717, 1.165) is 0 Å². The van der Waals surface area contributed by atoms with Gasteiger partial charge >= 0.3 is 15.6 Å². The van der Waals surface area contributed by atoms with Gasteiger partial charge in [-0.3, -0.25) is 25.3 Å². The van der Waals surface area contributed by atoms with Crippen LogP contribution in [-0.2, 0) is 39.5 Å². The Labute approximate surface area is 159 Å². The quantitative estimate of drug-likeness (QED) is 0.250. The molecule has 0 aliphatic heterocycles. The van der Waals surface area contributed by atoms with Crippen LogP contribution in [0.5, 0.6) is 0 Å². The number of rotatable bonds is 9. The van der Waals surface area contributed by atoms with Crippen molar-refractivity contribution in [3.05, 3.63) is 8.64 Å². The number of sulfonamides is 1. The Balaban J connectivity index is 7.09. The SMILES string of the molecule is CCCC[N-]S(=O)(=O)C(F)(F)S(=O)(=O)[C-](S(=O)(=O)C(F)(F)F)S(=O)(=O)C(F)(F)F. The third-order valence-corrected chi connectivity index (χ3v) is 12.2. The number of hydrogen-bond donors (Lipinski definition) is 0. The third-order valence-electron chi connectivity index (χ3n) is 2.65. The van der Waals surface area contributed by atoms with Crippen LogP contribution in [0.2, 0.25) is 0 Å². The van der Waals surface area contributed by atoms with E-state index in [-0.39, 0.29) is 12.8 Å². The molecular formula is C8H9F8NO8S4-2. The average Bonchev–Trinajstić information content (AvgIpc) is 2.43. The summed E-state index contributed by atoms with van der Waals surface area (Å²) in [6.45, 7) is 0.228. The lowest BCUT2D eigenvalue weighted by Gasteiger charge is -2.36. The summed E-state index contributed by atoms with van der Waals surface area (Å²) in [6.07, 6.45) is -0.271. The molecule has 0 radical (unpaired) electrons. The van der Waals surface area contributed by atoms with Crippen LogP contribution in [0, 0.1) is 3.91 Å². The fourth-order valence-corrected chi connectivity index (χ4v) is 9.43. The average molecular weight is 527 g/mol. The van der Waals surface area contributed by atoms with Crippen LogP contribution in [-0.4, -0.2) is 55.8 Å². The Morgan fingerprint density at radius 2 is 1.03 bits per heavy atom. The molecule has 0 aliphatic carbocycles. The normalized spacial score (nSPS) is 15.7. The maximum atomic E-state index is 13.9. The molecule has 0 saturated heterocycles. The number of halogens is 8. The molecule has 0 unspecified atom stereocenters. The van der Waals surface area contributed by atoms with E-state index >= 15 is 0 Å². The van der Waals surface area contributed by atoms with Crippen LogP contribution in [0.25, 0.3) is 4.72 Å². The van der Waals surface area contributed by atoms with Crippen LogP contribution in [0.1, 0.15) is 19.8 Å². The topological polar surface area (TPSA) is 151 Å². The standard InChI is InChI=1S/C8H9F8NO8S4/c1-2-3-4-17-29(24,25)8(15,16)28(22,23)5(26(18,19)6(9,10)11)27(20,21)7(12,13)14/h2-4H2,1H3/q-2. The lowest BCUT2D eigenvalue weighted by molar-refractivity contribution is -0.0450. The lowest BCUT2D eigenvalue weighted by atomic mass is 10.3. The van der Waals surface area contributed by atoms with E-state index < -0.39 is 65.6 Å². The first-order valence-corrected chi connectivity index (χ1v) is 12.4. The van der Waals surface area contributed by atoms with Gasteiger partial charge < -0.3 is 4.72 Å². The zero-order chi connectivity index (χ0) is 23.9. The fraction of sp³-hybridized carbons (Fsp3) is 0.875. The molecule has 0 spiro atoms. The summed E-state index contributed by atoms with van der Waals surface area (Å²) in [5.41, 5.74) is -14.3. The van der Waals surface area contributed by atoms with E-state index in [2.05, 4.69) is 4.72 Å². The Hall–Kier alpha value is -0.800. The van der Waals surface area contributed by atoms with Gasteiger partial charge in [-0.2, -0.15) is 35.1 Å². The summed E-state index contributed by atoms with van der Waals surface area (Å²) < 4.78 is 184.